The number of nitrogens with zero attached hydrogens (tertiary/aromatic N) is 1. The smallest absolute Gasteiger partial charge is 0.105 e. The monoisotopic (exact) mass is 250 g/mol. The van der Waals surface area contributed by atoms with E-state index < -0.39 is 0 Å². The van der Waals surface area contributed by atoms with Crippen LogP contribution in [0.3, 0.4) is 0 Å². The fourth-order valence-corrected chi connectivity index (χ4v) is 3.47. The molecule has 1 aliphatic carbocycles. The van der Waals surface area contributed by atoms with Gasteiger partial charge in [-0.25, -0.2) is 0 Å². The van der Waals surface area contributed by atoms with Gasteiger partial charge in [-0.2, -0.15) is 0 Å². The van der Waals surface area contributed by atoms with Crippen LogP contribution >= 0.6 is 0 Å². The SMILES string of the molecule is CC1CCCC(C(N)Cc2ccco2)(N(C)C)C1. The molecule has 2 N–H and O–H groups in total. The van der Waals surface area contributed by atoms with Crippen molar-refractivity contribution < 1.29 is 4.42 Å². The second-order valence-corrected chi connectivity index (χ2v) is 6.09. The average Bonchev–Trinajstić information content (AvgIpc) is 2.81. The molecule has 3 unspecified atom stereocenters. The molecular weight excluding hydrogens is 224 g/mol. The van der Waals surface area contributed by atoms with E-state index in [2.05, 4.69) is 25.9 Å². The molecule has 0 aromatic carbocycles. The van der Waals surface area contributed by atoms with Crippen LogP contribution in [0.4, 0.5) is 0 Å². The highest BCUT2D eigenvalue weighted by molar-refractivity contribution is 5.07. The van der Waals surface area contributed by atoms with Crippen LogP contribution in [0.15, 0.2) is 22.8 Å². The van der Waals surface area contributed by atoms with E-state index in [1.54, 1.807) is 6.26 Å². The van der Waals surface area contributed by atoms with E-state index in [9.17, 15) is 0 Å². The van der Waals surface area contributed by atoms with Gasteiger partial charge in [0.2, 0.25) is 0 Å². The number of furan rings is 1. The van der Waals surface area contributed by atoms with Crippen LogP contribution < -0.4 is 5.73 Å². The van der Waals surface area contributed by atoms with Crippen LogP contribution in [-0.2, 0) is 6.42 Å². The number of likely N-dealkylation sites (N-methyl/N-ethyl adjacent to an activating group) is 1. The van der Waals surface area contributed by atoms with Gasteiger partial charge in [0.05, 0.1) is 6.26 Å². The summed E-state index contributed by atoms with van der Waals surface area (Å²) in [4.78, 5) is 2.34. The molecule has 1 saturated carbocycles. The van der Waals surface area contributed by atoms with Gasteiger partial charge in [-0.05, 0) is 45.0 Å². The van der Waals surface area contributed by atoms with Crippen molar-refractivity contribution >= 4 is 0 Å². The normalized spacial score (nSPS) is 30.6. The largest absolute Gasteiger partial charge is 0.469 e. The summed E-state index contributed by atoms with van der Waals surface area (Å²) in [5, 5.41) is 0. The molecule has 1 heterocycles. The molecule has 1 fully saturated rings. The third-order valence-electron chi connectivity index (χ3n) is 4.59. The molecule has 1 aromatic heterocycles. The third-order valence-corrected chi connectivity index (χ3v) is 4.59. The zero-order valence-corrected chi connectivity index (χ0v) is 11.9. The molecule has 3 nitrogen and oxygen atoms in total. The lowest BCUT2D eigenvalue weighted by molar-refractivity contribution is 0.0488. The second-order valence-electron chi connectivity index (χ2n) is 6.09. The zero-order chi connectivity index (χ0) is 13.2. The summed E-state index contributed by atoms with van der Waals surface area (Å²) >= 11 is 0. The van der Waals surface area contributed by atoms with Gasteiger partial charge in [-0.3, -0.25) is 0 Å². The maximum Gasteiger partial charge on any atom is 0.105 e. The highest BCUT2D eigenvalue weighted by Crippen LogP contribution is 2.38. The summed E-state index contributed by atoms with van der Waals surface area (Å²) in [5.41, 5.74) is 6.67. The second kappa shape index (κ2) is 5.45. The van der Waals surface area contributed by atoms with E-state index in [0.29, 0.717) is 0 Å². The first-order valence-corrected chi connectivity index (χ1v) is 7.00. The van der Waals surface area contributed by atoms with Crippen molar-refractivity contribution in [2.24, 2.45) is 11.7 Å². The lowest BCUT2D eigenvalue weighted by atomic mass is 9.70. The van der Waals surface area contributed by atoms with E-state index in [4.69, 9.17) is 10.2 Å². The summed E-state index contributed by atoms with van der Waals surface area (Å²) in [6.07, 6.45) is 7.58. The molecule has 0 saturated heterocycles. The van der Waals surface area contributed by atoms with Crippen molar-refractivity contribution in [1.82, 2.24) is 4.90 Å². The minimum absolute atomic E-state index is 0.129. The van der Waals surface area contributed by atoms with Crippen molar-refractivity contribution in [3.8, 4) is 0 Å². The van der Waals surface area contributed by atoms with E-state index in [1.165, 1.54) is 25.7 Å². The molecule has 0 bridgehead atoms. The highest BCUT2D eigenvalue weighted by Gasteiger charge is 2.42. The molecule has 102 valence electrons. The van der Waals surface area contributed by atoms with E-state index in [1.807, 2.05) is 12.1 Å². The molecule has 2 rings (SSSR count). The summed E-state index contributed by atoms with van der Waals surface area (Å²) in [5.74, 6) is 1.77. The predicted octanol–water partition coefficient (Wildman–Crippen LogP) is 2.66. The first-order valence-electron chi connectivity index (χ1n) is 7.00. The zero-order valence-electron chi connectivity index (χ0n) is 11.9. The molecule has 0 amide bonds. The van der Waals surface area contributed by atoms with Crippen molar-refractivity contribution in [3.63, 3.8) is 0 Å². The Morgan fingerprint density at radius 1 is 1.56 bits per heavy atom. The van der Waals surface area contributed by atoms with E-state index in [-0.39, 0.29) is 11.6 Å². The quantitative estimate of drug-likeness (QED) is 0.893. The minimum Gasteiger partial charge on any atom is -0.469 e. The van der Waals surface area contributed by atoms with Crippen LogP contribution in [0.5, 0.6) is 0 Å². The number of nitrogens with two attached hydrogens (primary N) is 1. The van der Waals surface area contributed by atoms with Gasteiger partial charge in [0.25, 0.3) is 0 Å². The lowest BCUT2D eigenvalue weighted by Crippen LogP contribution is -2.60. The number of hydrogen-bond acceptors (Lipinski definition) is 3. The number of rotatable bonds is 4. The predicted molar refractivity (Wildman–Crippen MR) is 74.4 cm³/mol. The minimum atomic E-state index is 0.129. The maximum absolute atomic E-state index is 6.54. The lowest BCUT2D eigenvalue weighted by Gasteiger charge is -2.49. The molecule has 1 aromatic rings. The molecular formula is C15H26N2O. The Bertz CT molecular complexity index is 361. The molecule has 1 aliphatic rings. The Labute approximate surface area is 110 Å². The van der Waals surface area contributed by atoms with Crippen LogP contribution in [0.25, 0.3) is 0 Å². The Morgan fingerprint density at radius 2 is 2.33 bits per heavy atom. The van der Waals surface area contributed by atoms with Gasteiger partial charge in [-0.15, -0.1) is 0 Å². The summed E-state index contributed by atoms with van der Waals surface area (Å²) in [6.45, 7) is 2.34. The van der Waals surface area contributed by atoms with Gasteiger partial charge >= 0.3 is 0 Å². The van der Waals surface area contributed by atoms with E-state index >= 15 is 0 Å². The van der Waals surface area contributed by atoms with Gasteiger partial charge in [0.15, 0.2) is 0 Å². The van der Waals surface area contributed by atoms with Crippen LogP contribution in [-0.4, -0.2) is 30.6 Å². The number of hydrogen-bond donors (Lipinski definition) is 1. The third kappa shape index (κ3) is 2.62. The molecule has 3 atom stereocenters. The Morgan fingerprint density at radius 3 is 2.89 bits per heavy atom. The van der Waals surface area contributed by atoms with Gasteiger partial charge < -0.3 is 15.1 Å². The van der Waals surface area contributed by atoms with Crippen molar-refractivity contribution in [2.75, 3.05) is 14.1 Å². The van der Waals surface area contributed by atoms with Gasteiger partial charge in [0.1, 0.15) is 5.76 Å². The molecule has 18 heavy (non-hydrogen) atoms. The molecule has 0 spiro atoms. The highest BCUT2D eigenvalue weighted by atomic mass is 16.3. The first-order chi connectivity index (χ1) is 8.54. The maximum atomic E-state index is 6.54. The first kappa shape index (κ1) is 13.6. The fraction of sp³-hybridized carbons (Fsp3) is 0.733. The molecule has 3 heteroatoms. The van der Waals surface area contributed by atoms with Crippen molar-refractivity contribution in [3.05, 3.63) is 24.2 Å². The van der Waals surface area contributed by atoms with Crippen molar-refractivity contribution in [1.29, 1.82) is 0 Å². The Balaban J connectivity index is 2.13. The van der Waals surface area contributed by atoms with Crippen LogP contribution in [0, 0.1) is 5.92 Å². The van der Waals surface area contributed by atoms with Crippen LogP contribution in [0.1, 0.15) is 38.4 Å². The van der Waals surface area contributed by atoms with Gasteiger partial charge in [0, 0.05) is 18.0 Å². The molecule has 0 aliphatic heterocycles. The fourth-order valence-electron chi connectivity index (χ4n) is 3.47. The summed E-state index contributed by atoms with van der Waals surface area (Å²) < 4.78 is 5.45. The topological polar surface area (TPSA) is 42.4 Å². The summed E-state index contributed by atoms with van der Waals surface area (Å²) in [7, 11) is 4.33. The van der Waals surface area contributed by atoms with E-state index in [0.717, 1.165) is 18.1 Å². The van der Waals surface area contributed by atoms with Crippen molar-refractivity contribution in [2.45, 2.75) is 50.6 Å². The van der Waals surface area contributed by atoms with Gasteiger partial charge in [-0.1, -0.05) is 19.8 Å². The van der Waals surface area contributed by atoms with Crippen LogP contribution in [0.2, 0.25) is 0 Å². The Kier molecular flexibility index (Phi) is 4.13. The Hall–Kier alpha value is -0.800. The summed E-state index contributed by atoms with van der Waals surface area (Å²) in [6, 6.07) is 4.10. The average molecular weight is 250 g/mol. The molecule has 0 radical (unpaired) electrons. The standard InChI is InChI=1S/C15H26N2O/c1-12-6-4-8-15(11-12,17(2)3)14(16)10-13-7-5-9-18-13/h5,7,9,12,14H,4,6,8,10-11,16H2,1-3H3.